The fraction of sp³-hybridized carbons (Fsp3) is 0.143. The number of para-hydroxylation sites is 2. The number of benzene rings is 2. The number of carbonyl (C=O) groups is 2. The minimum atomic E-state index is -0.514. The summed E-state index contributed by atoms with van der Waals surface area (Å²) in [5, 5.41) is 6.12. The van der Waals surface area contributed by atoms with Gasteiger partial charge in [-0.3, -0.25) is 9.59 Å². The summed E-state index contributed by atoms with van der Waals surface area (Å²) >= 11 is 3.02. The van der Waals surface area contributed by atoms with E-state index in [1.165, 1.54) is 46.3 Å². The molecule has 3 heterocycles. The van der Waals surface area contributed by atoms with Gasteiger partial charge in [0.05, 0.1) is 14.4 Å². The van der Waals surface area contributed by atoms with Crippen LogP contribution in [0.2, 0.25) is 12.1 Å². The molecule has 1 radical (unpaired) electrons. The quantitative estimate of drug-likeness (QED) is 0.167. The first-order valence-electron chi connectivity index (χ1n) is 11.4. The van der Waals surface area contributed by atoms with Gasteiger partial charge in [-0.2, -0.15) is 11.3 Å². The van der Waals surface area contributed by atoms with Crippen molar-refractivity contribution in [1.29, 1.82) is 0 Å². The van der Waals surface area contributed by atoms with Gasteiger partial charge >= 0.3 is 0 Å². The SMILES string of the molecule is Cc1ccccc1N(c1ccc(C=C2C(=O)c3cscc3C2=O)s1)c1ccccc1[Si]1CCC1. The smallest absolute Gasteiger partial charge is 0.198 e. The Balaban J connectivity index is 1.44. The minimum absolute atomic E-state index is 0.160. The van der Waals surface area contributed by atoms with Crippen LogP contribution in [0.4, 0.5) is 16.4 Å². The monoisotopic (exact) mass is 496 g/mol. The molecule has 1 fully saturated rings. The lowest BCUT2D eigenvalue weighted by Gasteiger charge is -2.32. The van der Waals surface area contributed by atoms with Crippen molar-refractivity contribution >= 4 is 70.7 Å². The molecule has 167 valence electrons. The van der Waals surface area contributed by atoms with Crippen LogP contribution in [0.1, 0.15) is 37.6 Å². The lowest BCUT2D eigenvalue weighted by atomic mass is 10.1. The van der Waals surface area contributed by atoms with Gasteiger partial charge in [0.2, 0.25) is 0 Å². The largest absolute Gasteiger partial charge is 0.302 e. The fourth-order valence-corrected chi connectivity index (χ4v) is 8.55. The van der Waals surface area contributed by atoms with Crippen LogP contribution in [0.5, 0.6) is 0 Å². The summed E-state index contributed by atoms with van der Waals surface area (Å²) in [6.07, 6.45) is 3.10. The van der Waals surface area contributed by atoms with Gasteiger partial charge in [0.25, 0.3) is 0 Å². The van der Waals surface area contributed by atoms with Crippen LogP contribution in [0, 0.1) is 6.92 Å². The van der Waals surface area contributed by atoms with Crippen molar-refractivity contribution < 1.29 is 9.59 Å². The van der Waals surface area contributed by atoms with Gasteiger partial charge in [0.15, 0.2) is 11.6 Å². The van der Waals surface area contributed by atoms with Crippen molar-refractivity contribution in [1.82, 2.24) is 0 Å². The summed E-state index contributed by atoms with van der Waals surface area (Å²) in [6.45, 7) is 2.15. The first kappa shape index (κ1) is 21.5. The average molecular weight is 497 g/mol. The number of ketones is 2. The van der Waals surface area contributed by atoms with Crippen molar-refractivity contribution in [2.24, 2.45) is 0 Å². The van der Waals surface area contributed by atoms with Crippen molar-refractivity contribution in [3.05, 3.63) is 98.6 Å². The highest BCUT2D eigenvalue weighted by Gasteiger charge is 2.34. The molecule has 6 heteroatoms. The summed E-state index contributed by atoms with van der Waals surface area (Å²) in [7, 11) is -0.514. The van der Waals surface area contributed by atoms with Gasteiger partial charge in [-0.25, -0.2) is 0 Å². The van der Waals surface area contributed by atoms with E-state index < -0.39 is 8.80 Å². The molecule has 0 bridgehead atoms. The molecule has 0 N–H and O–H groups in total. The predicted molar refractivity (Wildman–Crippen MR) is 144 cm³/mol. The second kappa shape index (κ2) is 8.62. The van der Waals surface area contributed by atoms with E-state index in [0.717, 1.165) is 15.6 Å². The highest BCUT2D eigenvalue weighted by molar-refractivity contribution is 7.17. The molecule has 1 aliphatic carbocycles. The number of nitrogens with zero attached hydrogens (tertiary/aromatic N) is 1. The van der Waals surface area contributed by atoms with E-state index in [-0.39, 0.29) is 17.1 Å². The third-order valence-electron chi connectivity index (χ3n) is 6.60. The highest BCUT2D eigenvalue weighted by atomic mass is 32.1. The van der Waals surface area contributed by atoms with E-state index >= 15 is 0 Å². The Morgan fingerprint density at radius 1 is 0.853 bits per heavy atom. The van der Waals surface area contributed by atoms with Crippen molar-refractivity contribution in [3.8, 4) is 0 Å². The lowest BCUT2D eigenvalue weighted by molar-refractivity contribution is 0.0990. The zero-order chi connectivity index (χ0) is 23.2. The molecule has 6 rings (SSSR count). The molecule has 34 heavy (non-hydrogen) atoms. The van der Waals surface area contributed by atoms with E-state index in [1.54, 1.807) is 28.2 Å². The number of hydrogen-bond acceptors (Lipinski definition) is 5. The molecular weight excluding hydrogens is 475 g/mol. The predicted octanol–water partition coefficient (Wildman–Crippen LogP) is 7.16. The summed E-state index contributed by atoms with van der Waals surface area (Å²) in [4.78, 5) is 28.8. The molecule has 0 atom stereocenters. The number of thiophene rings is 2. The number of allylic oxidation sites excluding steroid dienone is 1. The summed E-state index contributed by atoms with van der Waals surface area (Å²) in [6, 6.07) is 24.1. The third kappa shape index (κ3) is 3.53. The molecule has 0 amide bonds. The van der Waals surface area contributed by atoms with E-state index in [0.29, 0.717) is 11.1 Å². The van der Waals surface area contributed by atoms with Crippen LogP contribution in [0.3, 0.4) is 0 Å². The number of fused-ring (bicyclic) bond motifs is 1. The first-order valence-corrected chi connectivity index (χ1v) is 15.1. The van der Waals surface area contributed by atoms with Gasteiger partial charge in [-0.05, 0) is 48.0 Å². The molecule has 2 aliphatic rings. The second-order valence-corrected chi connectivity index (χ2v) is 13.3. The van der Waals surface area contributed by atoms with Crippen LogP contribution in [-0.4, -0.2) is 20.4 Å². The van der Waals surface area contributed by atoms with E-state index in [4.69, 9.17) is 0 Å². The van der Waals surface area contributed by atoms with Gasteiger partial charge in [-0.1, -0.05) is 54.9 Å². The van der Waals surface area contributed by atoms with Crippen LogP contribution in [0.15, 0.2) is 77.0 Å². The van der Waals surface area contributed by atoms with E-state index in [9.17, 15) is 9.59 Å². The summed E-state index contributed by atoms with van der Waals surface area (Å²) in [5.74, 6) is -0.321. The number of carbonyl (C=O) groups excluding carboxylic acids is 2. The molecule has 0 spiro atoms. The van der Waals surface area contributed by atoms with E-state index in [2.05, 4.69) is 66.4 Å². The number of Topliss-reactive ketones (excluding diaryl/α,β-unsaturated/α-hetero) is 2. The molecule has 4 aromatic rings. The summed E-state index contributed by atoms with van der Waals surface area (Å²) in [5.41, 5.74) is 4.97. The van der Waals surface area contributed by atoms with Gasteiger partial charge in [-0.15, -0.1) is 11.3 Å². The molecule has 0 unspecified atom stereocenters. The molecule has 1 aliphatic heterocycles. The molecule has 0 saturated carbocycles. The molecule has 2 aromatic heterocycles. The van der Waals surface area contributed by atoms with Gasteiger partial charge in [0.1, 0.15) is 5.00 Å². The second-order valence-electron chi connectivity index (χ2n) is 8.69. The normalized spacial score (nSPS) is 15.4. The average Bonchev–Trinajstić information content (AvgIpc) is 3.52. The minimum Gasteiger partial charge on any atom is -0.302 e. The Hall–Kier alpha value is -3.06. The van der Waals surface area contributed by atoms with Crippen LogP contribution >= 0.6 is 22.7 Å². The summed E-state index contributed by atoms with van der Waals surface area (Å²) < 4.78 is 0. The maximum absolute atomic E-state index is 12.8. The Labute approximate surface area is 208 Å². The Morgan fingerprint density at radius 2 is 1.53 bits per heavy atom. The maximum atomic E-state index is 12.8. The molecule has 3 nitrogen and oxygen atoms in total. The number of rotatable bonds is 5. The number of aryl methyl sites for hydroxylation is 1. The zero-order valence-electron chi connectivity index (χ0n) is 18.7. The Morgan fingerprint density at radius 3 is 2.21 bits per heavy atom. The molecular formula is C28H22NO2S2Si. The van der Waals surface area contributed by atoms with Gasteiger partial charge < -0.3 is 4.90 Å². The van der Waals surface area contributed by atoms with Gasteiger partial charge in [0, 0.05) is 38.1 Å². The Kier molecular flexibility index (Phi) is 5.44. The van der Waals surface area contributed by atoms with Crippen LogP contribution < -0.4 is 10.1 Å². The number of anilines is 3. The van der Waals surface area contributed by atoms with Crippen molar-refractivity contribution in [2.45, 2.75) is 25.4 Å². The van der Waals surface area contributed by atoms with Crippen molar-refractivity contribution in [3.63, 3.8) is 0 Å². The zero-order valence-corrected chi connectivity index (χ0v) is 21.3. The van der Waals surface area contributed by atoms with Crippen LogP contribution in [-0.2, 0) is 0 Å². The van der Waals surface area contributed by atoms with Crippen molar-refractivity contribution in [2.75, 3.05) is 4.90 Å². The van der Waals surface area contributed by atoms with Crippen LogP contribution in [0.25, 0.3) is 6.08 Å². The topological polar surface area (TPSA) is 37.4 Å². The fourth-order valence-electron chi connectivity index (χ4n) is 4.63. The highest BCUT2D eigenvalue weighted by Crippen LogP contribution is 2.41. The maximum Gasteiger partial charge on any atom is 0.198 e. The van der Waals surface area contributed by atoms with E-state index in [1.807, 2.05) is 6.07 Å². The number of hydrogen-bond donors (Lipinski definition) is 0. The Bertz CT molecular complexity index is 1430. The first-order chi connectivity index (χ1) is 16.6. The molecule has 1 saturated heterocycles. The standard InChI is InChI=1S/C28H22NO2S2Si/c1-18-7-2-3-8-23(18)29(24-9-4-5-10-25(24)34-13-6-14-34)26-12-11-19(33-26)15-20-27(30)21-16-32-17-22(21)28(20)31/h2-5,7-12,15-17H,6,13-14H2,1H3. The molecule has 2 aromatic carbocycles. The lowest BCUT2D eigenvalue weighted by Crippen LogP contribution is -2.38. The third-order valence-corrected chi connectivity index (χ3v) is 11.5.